The molecule has 0 aliphatic carbocycles. The summed E-state index contributed by atoms with van der Waals surface area (Å²) in [6.07, 6.45) is 0. The van der Waals surface area contributed by atoms with Crippen molar-refractivity contribution in [2.45, 2.75) is 19.4 Å². The number of ether oxygens (including phenoxy) is 1. The molecule has 0 amide bonds. The van der Waals surface area contributed by atoms with Crippen LogP contribution in [-0.2, 0) is 9.09 Å². The highest BCUT2D eigenvalue weighted by atomic mass is 35.5. The number of rotatable bonds is 5. The lowest BCUT2D eigenvalue weighted by Crippen LogP contribution is -2.33. The Morgan fingerprint density at radius 3 is 2.29 bits per heavy atom. The third-order valence-corrected chi connectivity index (χ3v) is 2.51. The van der Waals surface area contributed by atoms with Gasteiger partial charge in [-0.25, -0.2) is 4.57 Å². The molecular formula is C10H14ClO5P. The van der Waals surface area contributed by atoms with E-state index in [-0.39, 0.29) is 6.61 Å². The summed E-state index contributed by atoms with van der Waals surface area (Å²) < 4.78 is 20.5. The second-order valence-corrected chi connectivity index (χ2v) is 5.76. The molecule has 1 rings (SSSR count). The Labute approximate surface area is 105 Å². The summed E-state index contributed by atoms with van der Waals surface area (Å²) >= 11 is 5.72. The molecule has 0 saturated carbocycles. The van der Waals surface area contributed by atoms with Crippen LogP contribution in [0.2, 0.25) is 5.02 Å². The van der Waals surface area contributed by atoms with Gasteiger partial charge in [-0.15, -0.1) is 0 Å². The van der Waals surface area contributed by atoms with Crippen molar-refractivity contribution in [2.24, 2.45) is 0 Å². The van der Waals surface area contributed by atoms with Crippen LogP contribution in [0.25, 0.3) is 0 Å². The Hall–Kier alpha value is -0.580. The van der Waals surface area contributed by atoms with E-state index < -0.39 is 13.4 Å². The van der Waals surface area contributed by atoms with Gasteiger partial charge in [0.15, 0.2) is 0 Å². The van der Waals surface area contributed by atoms with Gasteiger partial charge in [0.2, 0.25) is 0 Å². The first-order chi connectivity index (χ1) is 7.68. The molecule has 0 spiro atoms. The van der Waals surface area contributed by atoms with Crippen LogP contribution in [0.5, 0.6) is 5.75 Å². The van der Waals surface area contributed by atoms with Gasteiger partial charge in [0.25, 0.3) is 0 Å². The first kappa shape index (κ1) is 14.5. The van der Waals surface area contributed by atoms with Crippen molar-refractivity contribution in [3.63, 3.8) is 0 Å². The van der Waals surface area contributed by atoms with Gasteiger partial charge in [0.05, 0.1) is 6.61 Å². The molecule has 0 saturated heterocycles. The predicted octanol–water partition coefficient (Wildman–Crippen LogP) is 2.61. The van der Waals surface area contributed by atoms with Crippen molar-refractivity contribution in [1.82, 2.24) is 0 Å². The van der Waals surface area contributed by atoms with E-state index in [1.54, 1.807) is 38.1 Å². The lowest BCUT2D eigenvalue weighted by atomic mass is 10.1. The second-order valence-electron chi connectivity index (χ2n) is 4.08. The van der Waals surface area contributed by atoms with E-state index in [0.29, 0.717) is 10.8 Å². The lowest BCUT2D eigenvalue weighted by molar-refractivity contribution is 0.0376. The van der Waals surface area contributed by atoms with Gasteiger partial charge in [-0.05, 0) is 38.1 Å². The van der Waals surface area contributed by atoms with Crippen LogP contribution in [0, 0.1) is 0 Å². The Bertz CT molecular complexity index is 411. The number of halogens is 1. The maximum absolute atomic E-state index is 10.6. The van der Waals surface area contributed by atoms with Gasteiger partial charge in [-0.2, -0.15) is 0 Å². The van der Waals surface area contributed by atoms with Crippen molar-refractivity contribution < 1.29 is 23.6 Å². The number of phosphoric acid groups is 1. The minimum atomic E-state index is -4.48. The normalized spacial score (nSPS) is 12.5. The quantitative estimate of drug-likeness (QED) is 0.811. The number of hydrogen-bond donors (Lipinski definition) is 2. The van der Waals surface area contributed by atoms with Crippen LogP contribution in [0.1, 0.15) is 13.8 Å². The maximum Gasteiger partial charge on any atom is 0.469 e. The molecule has 1 aromatic rings. The maximum atomic E-state index is 10.6. The van der Waals surface area contributed by atoms with E-state index in [2.05, 4.69) is 4.52 Å². The average Bonchev–Trinajstić information content (AvgIpc) is 2.18. The highest BCUT2D eigenvalue weighted by Crippen LogP contribution is 2.37. The fourth-order valence-corrected chi connectivity index (χ4v) is 1.70. The molecule has 2 N–H and O–H groups in total. The zero-order valence-electron chi connectivity index (χ0n) is 9.46. The predicted molar refractivity (Wildman–Crippen MR) is 64.2 cm³/mol. The molecule has 7 heteroatoms. The molecule has 5 nitrogen and oxygen atoms in total. The molecule has 0 aliphatic rings. The van der Waals surface area contributed by atoms with Crippen molar-refractivity contribution >= 4 is 19.4 Å². The van der Waals surface area contributed by atoms with Crippen LogP contribution in [-0.4, -0.2) is 22.0 Å². The Balaban J connectivity index is 2.60. The molecule has 0 aliphatic heterocycles. The van der Waals surface area contributed by atoms with Crippen molar-refractivity contribution in [1.29, 1.82) is 0 Å². The summed E-state index contributed by atoms with van der Waals surface area (Å²) in [7, 11) is -4.48. The van der Waals surface area contributed by atoms with Gasteiger partial charge in [0.1, 0.15) is 11.4 Å². The molecule has 0 aromatic heterocycles. The molecule has 0 radical (unpaired) electrons. The minimum Gasteiger partial charge on any atom is -0.485 e. The highest BCUT2D eigenvalue weighted by molar-refractivity contribution is 7.46. The molecular weight excluding hydrogens is 267 g/mol. The van der Waals surface area contributed by atoms with Crippen LogP contribution in [0.15, 0.2) is 24.3 Å². The lowest BCUT2D eigenvalue weighted by Gasteiger charge is -2.26. The fraction of sp³-hybridized carbons (Fsp3) is 0.400. The van der Waals surface area contributed by atoms with Crippen LogP contribution >= 0.6 is 19.4 Å². The molecule has 0 atom stereocenters. The first-order valence-electron chi connectivity index (χ1n) is 4.83. The molecule has 0 fully saturated rings. The molecule has 17 heavy (non-hydrogen) atoms. The summed E-state index contributed by atoms with van der Waals surface area (Å²) in [4.78, 5) is 17.2. The zero-order valence-corrected chi connectivity index (χ0v) is 11.1. The van der Waals surface area contributed by atoms with E-state index in [1.807, 2.05) is 0 Å². The Kier molecular flexibility index (Phi) is 4.58. The minimum absolute atomic E-state index is 0.222. The largest absolute Gasteiger partial charge is 0.485 e. The van der Waals surface area contributed by atoms with Crippen molar-refractivity contribution in [2.75, 3.05) is 6.61 Å². The monoisotopic (exact) mass is 280 g/mol. The summed E-state index contributed by atoms with van der Waals surface area (Å²) in [6, 6.07) is 6.66. The topological polar surface area (TPSA) is 76.0 Å². The number of phosphoric ester groups is 1. The van der Waals surface area contributed by atoms with Crippen LogP contribution in [0.3, 0.4) is 0 Å². The van der Waals surface area contributed by atoms with Gasteiger partial charge in [0, 0.05) is 5.02 Å². The average molecular weight is 281 g/mol. The number of hydrogen-bond acceptors (Lipinski definition) is 3. The highest BCUT2D eigenvalue weighted by Gasteiger charge is 2.25. The van der Waals surface area contributed by atoms with E-state index >= 15 is 0 Å². The Morgan fingerprint density at radius 1 is 1.29 bits per heavy atom. The molecule has 1 aromatic carbocycles. The van der Waals surface area contributed by atoms with Crippen molar-refractivity contribution in [3.8, 4) is 5.75 Å². The standard InChI is InChI=1S/C10H14ClO5P/c1-10(2,7-15-17(12,13)14)16-9-5-3-8(11)4-6-9/h3-6H,7H2,1-2H3,(H2,12,13,14). The van der Waals surface area contributed by atoms with E-state index in [9.17, 15) is 4.57 Å². The van der Waals surface area contributed by atoms with E-state index in [0.717, 1.165) is 0 Å². The third-order valence-electron chi connectivity index (χ3n) is 1.79. The van der Waals surface area contributed by atoms with E-state index in [4.69, 9.17) is 26.1 Å². The van der Waals surface area contributed by atoms with Gasteiger partial charge in [-0.1, -0.05) is 11.6 Å². The SMILES string of the molecule is CC(C)(COP(=O)(O)O)Oc1ccc(Cl)cc1. The van der Waals surface area contributed by atoms with Crippen LogP contribution in [0.4, 0.5) is 0 Å². The summed E-state index contributed by atoms with van der Waals surface area (Å²) in [6.45, 7) is 3.11. The summed E-state index contributed by atoms with van der Waals surface area (Å²) in [5.41, 5.74) is -0.852. The van der Waals surface area contributed by atoms with Gasteiger partial charge < -0.3 is 14.5 Å². The van der Waals surface area contributed by atoms with E-state index in [1.165, 1.54) is 0 Å². The fourth-order valence-electron chi connectivity index (χ4n) is 1.09. The Morgan fingerprint density at radius 2 is 1.82 bits per heavy atom. The molecule has 0 bridgehead atoms. The third kappa shape index (κ3) is 6.05. The second kappa shape index (κ2) is 5.38. The zero-order chi connectivity index (χ0) is 13.1. The number of benzene rings is 1. The van der Waals surface area contributed by atoms with Crippen LogP contribution < -0.4 is 4.74 Å². The molecule has 96 valence electrons. The van der Waals surface area contributed by atoms with Gasteiger partial charge in [-0.3, -0.25) is 4.52 Å². The smallest absolute Gasteiger partial charge is 0.469 e. The first-order valence-corrected chi connectivity index (χ1v) is 6.73. The molecule has 0 heterocycles. The summed E-state index contributed by atoms with van der Waals surface area (Å²) in [5.74, 6) is 0.550. The van der Waals surface area contributed by atoms with Crippen molar-refractivity contribution in [3.05, 3.63) is 29.3 Å². The molecule has 0 unspecified atom stereocenters. The summed E-state index contributed by atoms with van der Waals surface area (Å²) in [5, 5.41) is 0.585. The van der Waals surface area contributed by atoms with Gasteiger partial charge >= 0.3 is 7.82 Å².